The van der Waals surface area contributed by atoms with E-state index in [4.69, 9.17) is 5.73 Å². The van der Waals surface area contributed by atoms with Gasteiger partial charge in [0.2, 0.25) is 11.8 Å². The molecule has 1 heterocycles. The summed E-state index contributed by atoms with van der Waals surface area (Å²) in [6.45, 7) is 1.84. The zero-order valence-electron chi connectivity index (χ0n) is 16.6. The number of aryl methyl sites for hydroxylation is 1. The average molecular weight is 426 g/mol. The minimum absolute atomic E-state index is 0.0373. The Morgan fingerprint density at radius 3 is 2.63 bits per heavy atom. The van der Waals surface area contributed by atoms with E-state index in [0.717, 1.165) is 21.1 Å². The summed E-state index contributed by atoms with van der Waals surface area (Å²) < 4.78 is 0. The average Bonchev–Trinajstić information content (AvgIpc) is 3.03. The first-order chi connectivity index (χ1) is 14.3. The molecule has 3 aromatic rings. The SMILES string of the molecule is Cc1nc(Cc2cccc3ccccc23)sc1CC(=O)NC(CCC(N)=O)C(=O)O. The van der Waals surface area contributed by atoms with Gasteiger partial charge in [-0.1, -0.05) is 42.5 Å². The molecule has 156 valence electrons. The Morgan fingerprint density at radius 2 is 1.90 bits per heavy atom. The molecule has 0 aliphatic heterocycles. The highest BCUT2D eigenvalue weighted by Crippen LogP contribution is 2.25. The van der Waals surface area contributed by atoms with Crippen LogP contribution < -0.4 is 11.1 Å². The highest BCUT2D eigenvalue weighted by Gasteiger charge is 2.21. The normalized spacial score (nSPS) is 11.9. The third kappa shape index (κ3) is 5.42. The summed E-state index contributed by atoms with van der Waals surface area (Å²) in [6.07, 6.45) is 0.556. The second-order valence-electron chi connectivity index (χ2n) is 7.07. The number of primary amides is 1. The van der Waals surface area contributed by atoms with Gasteiger partial charge in [-0.2, -0.15) is 0 Å². The standard InChI is InChI=1S/C22H23N3O4S/c1-13-18(12-20(27)25-17(22(28)29)9-10-19(23)26)30-21(24-13)11-15-7-4-6-14-5-2-3-8-16(14)15/h2-8,17H,9-12H2,1H3,(H2,23,26)(H,25,27)(H,28,29). The van der Waals surface area contributed by atoms with Gasteiger partial charge in [-0.3, -0.25) is 9.59 Å². The fourth-order valence-corrected chi connectivity index (χ4v) is 4.36. The largest absolute Gasteiger partial charge is 0.480 e. The van der Waals surface area contributed by atoms with Crippen LogP contribution in [0.15, 0.2) is 42.5 Å². The van der Waals surface area contributed by atoms with Crippen molar-refractivity contribution in [1.82, 2.24) is 10.3 Å². The van der Waals surface area contributed by atoms with Crippen molar-refractivity contribution in [2.24, 2.45) is 5.73 Å². The molecular formula is C22H23N3O4S. The van der Waals surface area contributed by atoms with Crippen LogP contribution in [0.1, 0.15) is 34.0 Å². The molecule has 0 spiro atoms. The van der Waals surface area contributed by atoms with E-state index in [1.54, 1.807) is 0 Å². The van der Waals surface area contributed by atoms with Gasteiger partial charge in [0.1, 0.15) is 6.04 Å². The molecule has 0 aliphatic rings. The second-order valence-corrected chi connectivity index (χ2v) is 8.24. The minimum Gasteiger partial charge on any atom is -0.480 e. The number of benzene rings is 2. The Morgan fingerprint density at radius 1 is 1.17 bits per heavy atom. The number of rotatable bonds is 9. The van der Waals surface area contributed by atoms with Crippen LogP contribution in [-0.4, -0.2) is 33.9 Å². The number of hydrogen-bond donors (Lipinski definition) is 3. The van der Waals surface area contributed by atoms with Crippen LogP contribution in [0, 0.1) is 6.92 Å². The number of fused-ring (bicyclic) bond motifs is 1. The van der Waals surface area contributed by atoms with E-state index in [1.165, 1.54) is 22.1 Å². The Labute approximate surface area is 177 Å². The van der Waals surface area contributed by atoms with Gasteiger partial charge in [0.15, 0.2) is 0 Å². The van der Waals surface area contributed by atoms with Crippen LogP contribution in [0.4, 0.5) is 0 Å². The molecule has 0 fully saturated rings. The molecule has 0 radical (unpaired) electrons. The number of carbonyl (C=O) groups is 3. The highest BCUT2D eigenvalue weighted by atomic mass is 32.1. The van der Waals surface area contributed by atoms with E-state index in [9.17, 15) is 19.5 Å². The zero-order valence-corrected chi connectivity index (χ0v) is 17.4. The molecule has 1 atom stereocenters. The summed E-state index contributed by atoms with van der Waals surface area (Å²) in [5, 5.41) is 14.9. The van der Waals surface area contributed by atoms with E-state index in [1.807, 2.05) is 25.1 Å². The number of carboxylic acids is 1. The number of nitrogens with one attached hydrogen (secondary N) is 1. The Hall–Kier alpha value is -3.26. The van der Waals surface area contributed by atoms with Crippen molar-refractivity contribution >= 4 is 39.9 Å². The van der Waals surface area contributed by atoms with Gasteiger partial charge in [-0.05, 0) is 29.7 Å². The van der Waals surface area contributed by atoms with Crippen LogP contribution in [0.3, 0.4) is 0 Å². The van der Waals surface area contributed by atoms with Gasteiger partial charge in [0, 0.05) is 17.7 Å². The summed E-state index contributed by atoms with van der Waals surface area (Å²) in [4.78, 5) is 39.9. The van der Waals surface area contributed by atoms with Gasteiger partial charge in [-0.15, -0.1) is 11.3 Å². The van der Waals surface area contributed by atoms with Crippen molar-refractivity contribution in [2.45, 2.75) is 38.6 Å². The summed E-state index contributed by atoms with van der Waals surface area (Å²) in [6, 6.07) is 13.2. The number of amides is 2. The van der Waals surface area contributed by atoms with E-state index in [0.29, 0.717) is 6.42 Å². The molecule has 3 rings (SSSR count). The molecule has 8 heteroatoms. The first-order valence-electron chi connectivity index (χ1n) is 9.55. The van der Waals surface area contributed by atoms with Crippen molar-refractivity contribution in [3.8, 4) is 0 Å². The highest BCUT2D eigenvalue weighted by molar-refractivity contribution is 7.11. The summed E-state index contributed by atoms with van der Waals surface area (Å²) in [5.41, 5.74) is 6.99. The van der Waals surface area contributed by atoms with Crippen molar-refractivity contribution in [3.63, 3.8) is 0 Å². The lowest BCUT2D eigenvalue weighted by atomic mass is 10.0. The predicted octanol–water partition coefficient (Wildman–Crippen LogP) is 2.57. The lowest BCUT2D eigenvalue weighted by Crippen LogP contribution is -2.42. The van der Waals surface area contributed by atoms with Crippen LogP contribution >= 0.6 is 11.3 Å². The predicted molar refractivity (Wildman–Crippen MR) is 115 cm³/mol. The third-order valence-corrected chi connectivity index (χ3v) is 5.95. The Balaban J connectivity index is 1.69. The second kappa shape index (κ2) is 9.49. The topological polar surface area (TPSA) is 122 Å². The lowest BCUT2D eigenvalue weighted by Gasteiger charge is -2.13. The first kappa shape index (κ1) is 21.4. The molecule has 0 saturated carbocycles. The third-order valence-electron chi connectivity index (χ3n) is 4.79. The summed E-state index contributed by atoms with van der Waals surface area (Å²) in [7, 11) is 0. The molecule has 1 aromatic heterocycles. The summed E-state index contributed by atoms with van der Waals surface area (Å²) >= 11 is 1.45. The quantitative estimate of drug-likeness (QED) is 0.486. The van der Waals surface area contributed by atoms with Gasteiger partial charge in [0.25, 0.3) is 0 Å². The fraction of sp³-hybridized carbons (Fsp3) is 0.273. The van der Waals surface area contributed by atoms with Crippen molar-refractivity contribution in [2.75, 3.05) is 0 Å². The molecule has 2 aromatic carbocycles. The molecule has 2 amide bonds. The van der Waals surface area contributed by atoms with Crippen LogP contribution in [-0.2, 0) is 27.2 Å². The smallest absolute Gasteiger partial charge is 0.326 e. The molecule has 1 unspecified atom stereocenters. The number of carboxylic acid groups (broad SMARTS) is 1. The lowest BCUT2D eigenvalue weighted by molar-refractivity contribution is -0.142. The van der Waals surface area contributed by atoms with E-state index < -0.39 is 23.8 Å². The maximum Gasteiger partial charge on any atom is 0.326 e. The summed E-state index contributed by atoms with van der Waals surface area (Å²) in [5.74, 6) is -2.22. The minimum atomic E-state index is -1.19. The number of thiazole rings is 1. The first-order valence-corrected chi connectivity index (χ1v) is 10.4. The van der Waals surface area contributed by atoms with Crippen LogP contribution in [0.2, 0.25) is 0 Å². The van der Waals surface area contributed by atoms with Gasteiger partial charge < -0.3 is 16.2 Å². The Kier molecular flexibility index (Phi) is 6.79. The van der Waals surface area contributed by atoms with Gasteiger partial charge >= 0.3 is 5.97 Å². The van der Waals surface area contributed by atoms with E-state index in [-0.39, 0.29) is 19.3 Å². The molecule has 7 nitrogen and oxygen atoms in total. The van der Waals surface area contributed by atoms with Gasteiger partial charge in [-0.25, -0.2) is 9.78 Å². The van der Waals surface area contributed by atoms with Crippen LogP contribution in [0.25, 0.3) is 10.8 Å². The number of nitrogens with two attached hydrogens (primary N) is 1. The zero-order chi connectivity index (χ0) is 21.7. The molecular weight excluding hydrogens is 402 g/mol. The Bertz CT molecular complexity index is 1090. The molecule has 30 heavy (non-hydrogen) atoms. The molecule has 0 aliphatic carbocycles. The van der Waals surface area contributed by atoms with Gasteiger partial charge in [0.05, 0.1) is 17.1 Å². The molecule has 0 saturated heterocycles. The molecule has 4 N–H and O–H groups in total. The van der Waals surface area contributed by atoms with Crippen molar-refractivity contribution < 1.29 is 19.5 Å². The molecule has 0 bridgehead atoms. The number of aliphatic carboxylic acids is 1. The number of aromatic nitrogens is 1. The number of nitrogens with zero attached hydrogens (tertiary/aromatic N) is 1. The van der Waals surface area contributed by atoms with Crippen molar-refractivity contribution in [3.05, 3.63) is 63.6 Å². The maximum atomic E-state index is 12.4. The fourth-order valence-electron chi connectivity index (χ4n) is 3.27. The van der Waals surface area contributed by atoms with Crippen LogP contribution in [0.5, 0.6) is 0 Å². The van der Waals surface area contributed by atoms with E-state index in [2.05, 4.69) is 34.6 Å². The number of hydrogen-bond acceptors (Lipinski definition) is 5. The maximum absolute atomic E-state index is 12.4. The van der Waals surface area contributed by atoms with Crippen molar-refractivity contribution in [1.29, 1.82) is 0 Å². The monoisotopic (exact) mass is 425 g/mol. The van der Waals surface area contributed by atoms with E-state index >= 15 is 0 Å². The number of carbonyl (C=O) groups excluding carboxylic acids is 2.